The van der Waals surface area contributed by atoms with E-state index < -0.39 is 0 Å². The van der Waals surface area contributed by atoms with Gasteiger partial charge in [-0.25, -0.2) is 13.9 Å². The van der Waals surface area contributed by atoms with Crippen molar-refractivity contribution >= 4 is 6.03 Å². The van der Waals surface area contributed by atoms with Crippen LogP contribution in [-0.4, -0.2) is 52.6 Å². The van der Waals surface area contributed by atoms with Gasteiger partial charge in [0, 0.05) is 32.8 Å². The van der Waals surface area contributed by atoms with Gasteiger partial charge in [-0.15, -0.1) is 0 Å². The molecule has 2 rings (SSSR count). The molecule has 0 aliphatic carbocycles. The van der Waals surface area contributed by atoms with Crippen LogP contribution in [0.1, 0.15) is 5.69 Å². The van der Waals surface area contributed by atoms with Gasteiger partial charge in [-0.05, 0) is 30.3 Å². The van der Waals surface area contributed by atoms with Crippen LogP contribution in [0.2, 0.25) is 0 Å². The summed E-state index contributed by atoms with van der Waals surface area (Å²) in [7, 11) is 1.62. The van der Waals surface area contributed by atoms with Crippen molar-refractivity contribution in [2.45, 2.75) is 6.42 Å². The fourth-order valence-corrected chi connectivity index (χ4v) is 1.92. The fourth-order valence-electron chi connectivity index (χ4n) is 1.92. The molecule has 0 saturated carbocycles. The number of rotatable bonds is 6. The molecule has 0 saturated heterocycles. The predicted octanol–water partition coefficient (Wildman–Crippen LogP) is 1.19. The lowest BCUT2D eigenvalue weighted by Crippen LogP contribution is -2.39. The van der Waals surface area contributed by atoms with Crippen molar-refractivity contribution in [3.8, 4) is 5.69 Å². The lowest BCUT2D eigenvalue weighted by Gasteiger charge is -2.16. The normalized spacial score (nSPS) is 10.5. The Morgan fingerprint density at radius 2 is 2.09 bits per heavy atom. The number of nitrogens with zero attached hydrogens (tertiary/aromatic N) is 3. The highest BCUT2D eigenvalue weighted by atomic mass is 19.1. The maximum Gasteiger partial charge on any atom is 0.317 e. The van der Waals surface area contributed by atoms with Crippen LogP contribution in [0.5, 0.6) is 0 Å². The molecule has 1 heterocycles. The Kier molecular flexibility index (Phi) is 5.48. The Bertz CT molecular complexity index is 612. The van der Waals surface area contributed by atoms with Gasteiger partial charge in [0.25, 0.3) is 0 Å². The number of carbonyl (C=O) groups is 1. The summed E-state index contributed by atoms with van der Waals surface area (Å²) in [6.45, 7) is 0.687. The molecule has 0 atom stereocenters. The first kappa shape index (κ1) is 16.0. The van der Waals surface area contributed by atoms with Crippen molar-refractivity contribution in [2.24, 2.45) is 0 Å². The van der Waals surface area contributed by atoms with Crippen LogP contribution in [0.3, 0.4) is 0 Å². The number of likely N-dealkylation sites (N-methyl/N-ethyl adjacent to an activating group) is 1. The molecule has 0 fully saturated rings. The monoisotopic (exact) mass is 306 g/mol. The highest BCUT2D eigenvalue weighted by Crippen LogP contribution is 2.09. The van der Waals surface area contributed by atoms with Gasteiger partial charge in [0.2, 0.25) is 0 Å². The molecule has 0 aliphatic rings. The van der Waals surface area contributed by atoms with Gasteiger partial charge in [-0.3, -0.25) is 0 Å². The Morgan fingerprint density at radius 1 is 1.36 bits per heavy atom. The van der Waals surface area contributed by atoms with Gasteiger partial charge in [0.05, 0.1) is 18.0 Å². The van der Waals surface area contributed by atoms with Crippen molar-refractivity contribution < 1.29 is 14.3 Å². The number of urea groups is 1. The first-order valence-corrected chi connectivity index (χ1v) is 7.00. The third kappa shape index (κ3) is 4.29. The van der Waals surface area contributed by atoms with Crippen molar-refractivity contribution in [3.05, 3.63) is 48.0 Å². The molecule has 0 radical (unpaired) electrons. The quantitative estimate of drug-likeness (QED) is 0.842. The molecule has 2 aromatic rings. The number of aliphatic hydroxyl groups excluding tert-OH is 1. The zero-order chi connectivity index (χ0) is 15.9. The summed E-state index contributed by atoms with van der Waals surface area (Å²) >= 11 is 0. The van der Waals surface area contributed by atoms with Crippen LogP contribution in [0.15, 0.2) is 36.5 Å². The second-order valence-electron chi connectivity index (χ2n) is 4.86. The lowest BCUT2D eigenvalue weighted by atomic mass is 10.3. The second kappa shape index (κ2) is 7.56. The zero-order valence-electron chi connectivity index (χ0n) is 12.4. The van der Waals surface area contributed by atoms with Gasteiger partial charge in [0.15, 0.2) is 0 Å². The molecule has 22 heavy (non-hydrogen) atoms. The molecular formula is C15H19FN4O2. The molecule has 118 valence electrons. The Morgan fingerprint density at radius 3 is 2.77 bits per heavy atom. The number of hydrogen-bond donors (Lipinski definition) is 2. The highest BCUT2D eigenvalue weighted by Gasteiger charge is 2.07. The highest BCUT2D eigenvalue weighted by molar-refractivity contribution is 5.73. The molecule has 2 N–H and O–H groups in total. The van der Waals surface area contributed by atoms with Gasteiger partial charge in [-0.2, -0.15) is 5.10 Å². The van der Waals surface area contributed by atoms with E-state index in [1.54, 1.807) is 30.1 Å². The fraction of sp³-hybridized carbons (Fsp3) is 0.333. The average Bonchev–Trinajstić information content (AvgIpc) is 2.97. The van der Waals surface area contributed by atoms with E-state index in [-0.39, 0.29) is 18.5 Å². The van der Waals surface area contributed by atoms with E-state index in [4.69, 9.17) is 5.11 Å². The topological polar surface area (TPSA) is 70.4 Å². The number of benzene rings is 1. The average molecular weight is 306 g/mol. The number of nitrogens with one attached hydrogen (secondary N) is 1. The van der Waals surface area contributed by atoms with Crippen molar-refractivity contribution in [1.29, 1.82) is 0 Å². The molecule has 1 aromatic carbocycles. The molecule has 0 spiro atoms. The van der Waals surface area contributed by atoms with Crippen LogP contribution in [-0.2, 0) is 6.42 Å². The summed E-state index contributed by atoms with van der Waals surface area (Å²) in [4.78, 5) is 13.0. The molecule has 0 bridgehead atoms. The van der Waals surface area contributed by atoms with E-state index in [9.17, 15) is 9.18 Å². The number of carbonyl (C=O) groups excluding carboxylic acids is 1. The van der Waals surface area contributed by atoms with Crippen molar-refractivity contribution in [1.82, 2.24) is 20.0 Å². The molecule has 0 aliphatic heterocycles. The van der Waals surface area contributed by atoms with E-state index in [0.717, 1.165) is 11.4 Å². The first-order valence-electron chi connectivity index (χ1n) is 7.00. The molecule has 2 amide bonds. The number of halogens is 1. The summed E-state index contributed by atoms with van der Waals surface area (Å²) in [6, 6.07) is 7.69. The largest absolute Gasteiger partial charge is 0.395 e. The molecular weight excluding hydrogens is 287 g/mol. The third-order valence-corrected chi connectivity index (χ3v) is 3.17. The van der Waals surface area contributed by atoms with Gasteiger partial charge < -0.3 is 15.3 Å². The van der Waals surface area contributed by atoms with E-state index in [0.29, 0.717) is 19.5 Å². The molecule has 0 unspecified atom stereocenters. The summed E-state index contributed by atoms with van der Waals surface area (Å²) in [5, 5.41) is 15.9. The Balaban J connectivity index is 1.85. The van der Waals surface area contributed by atoms with E-state index >= 15 is 0 Å². The van der Waals surface area contributed by atoms with Crippen LogP contribution in [0.4, 0.5) is 9.18 Å². The minimum Gasteiger partial charge on any atom is -0.395 e. The standard InChI is InChI=1S/C15H19FN4O2/c1-19(10-11-21)15(22)17-8-6-13-7-9-20(18-13)14-4-2-12(16)3-5-14/h2-5,7,9,21H,6,8,10-11H2,1H3,(H,17,22). The van der Waals surface area contributed by atoms with E-state index in [1.165, 1.54) is 17.0 Å². The zero-order valence-corrected chi connectivity index (χ0v) is 12.4. The summed E-state index contributed by atoms with van der Waals surface area (Å²) in [5.74, 6) is -0.286. The van der Waals surface area contributed by atoms with Crippen LogP contribution in [0, 0.1) is 5.82 Å². The van der Waals surface area contributed by atoms with Gasteiger partial charge >= 0.3 is 6.03 Å². The minimum absolute atomic E-state index is 0.0635. The minimum atomic E-state index is -0.286. The Hall–Kier alpha value is -2.41. The molecule has 1 aromatic heterocycles. The molecule has 6 nitrogen and oxygen atoms in total. The van der Waals surface area contributed by atoms with Crippen LogP contribution >= 0.6 is 0 Å². The van der Waals surface area contributed by atoms with Gasteiger partial charge in [-0.1, -0.05) is 0 Å². The SMILES string of the molecule is CN(CCO)C(=O)NCCc1ccn(-c2ccc(F)cc2)n1. The van der Waals surface area contributed by atoms with Crippen LogP contribution < -0.4 is 5.32 Å². The third-order valence-electron chi connectivity index (χ3n) is 3.17. The first-order chi connectivity index (χ1) is 10.6. The van der Waals surface area contributed by atoms with Crippen molar-refractivity contribution in [2.75, 3.05) is 26.7 Å². The maximum absolute atomic E-state index is 12.9. The summed E-state index contributed by atoms with van der Waals surface area (Å²) in [6.07, 6.45) is 2.38. The van der Waals surface area contributed by atoms with E-state index in [2.05, 4.69) is 10.4 Å². The van der Waals surface area contributed by atoms with E-state index in [1.807, 2.05) is 6.07 Å². The number of aliphatic hydroxyl groups is 1. The number of hydrogen-bond acceptors (Lipinski definition) is 3. The molecule has 7 heteroatoms. The lowest BCUT2D eigenvalue weighted by molar-refractivity contribution is 0.190. The summed E-state index contributed by atoms with van der Waals surface area (Å²) in [5.41, 5.74) is 1.61. The number of aromatic nitrogens is 2. The van der Waals surface area contributed by atoms with Crippen LogP contribution in [0.25, 0.3) is 5.69 Å². The van der Waals surface area contributed by atoms with Crippen molar-refractivity contribution in [3.63, 3.8) is 0 Å². The second-order valence-corrected chi connectivity index (χ2v) is 4.86. The summed E-state index contributed by atoms with van der Waals surface area (Å²) < 4.78 is 14.5. The Labute approximate surface area is 128 Å². The smallest absolute Gasteiger partial charge is 0.317 e. The number of amides is 2. The predicted molar refractivity (Wildman–Crippen MR) is 80.3 cm³/mol. The van der Waals surface area contributed by atoms with Gasteiger partial charge in [0.1, 0.15) is 5.82 Å². The maximum atomic E-state index is 12.9.